The Morgan fingerprint density at radius 1 is 1.33 bits per heavy atom. The highest BCUT2D eigenvalue weighted by Gasteiger charge is 2.03. The Kier molecular flexibility index (Phi) is 8.61. The smallest absolute Gasteiger partial charge is 0.316 e. The average molecular weight is 508 g/mol. The second-order valence-electron chi connectivity index (χ2n) is 1.76. The molecule has 0 unspecified atom stereocenters. The first-order valence-electron chi connectivity index (χ1n) is 2.97. The quantitative estimate of drug-likeness (QED) is 0.360. The van der Waals surface area contributed by atoms with E-state index in [0.29, 0.717) is 4.43 Å². The summed E-state index contributed by atoms with van der Waals surface area (Å²) in [6.45, 7) is 0.266. The lowest BCUT2D eigenvalue weighted by Crippen LogP contribution is -2.07. The van der Waals surface area contributed by atoms with Crippen LogP contribution >= 0.6 is 67.8 Å². The summed E-state index contributed by atoms with van der Waals surface area (Å²) in [4.78, 5) is 10.7. The molecule has 0 aliphatic heterocycles. The van der Waals surface area contributed by atoms with Crippen LogP contribution < -0.4 is 0 Å². The molecule has 6 heteroatoms. The maximum Gasteiger partial charge on any atom is 0.316 e. The summed E-state index contributed by atoms with van der Waals surface area (Å²) in [5.41, 5.74) is 0. The van der Waals surface area contributed by atoms with Gasteiger partial charge in [-0.05, 0) is 45.2 Å². The van der Waals surface area contributed by atoms with Crippen LogP contribution in [0.3, 0.4) is 0 Å². The minimum Gasteiger partial charge on any atom is -0.460 e. The van der Waals surface area contributed by atoms with E-state index < -0.39 is 0 Å². The summed E-state index contributed by atoms with van der Waals surface area (Å²) < 4.78 is 6.89. The number of alkyl halides is 1. The van der Waals surface area contributed by atoms with Crippen LogP contribution in [0.25, 0.3) is 0 Å². The van der Waals surface area contributed by atoms with Gasteiger partial charge in [-0.15, -0.1) is 0 Å². The van der Waals surface area contributed by atoms with Crippen molar-refractivity contribution in [2.75, 3.05) is 17.6 Å². The monoisotopic (exact) mass is 508 g/mol. The van der Waals surface area contributed by atoms with Gasteiger partial charge in [0.2, 0.25) is 0 Å². The van der Waals surface area contributed by atoms with E-state index in [-0.39, 0.29) is 19.2 Å². The number of esters is 1. The lowest BCUT2D eigenvalue weighted by Gasteiger charge is -2.03. The van der Waals surface area contributed by atoms with Crippen molar-refractivity contribution in [2.45, 2.75) is 0 Å². The van der Waals surface area contributed by atoms with Crippen LogP contribution in [-0.4, -0.2) is 28.7 Å². The highest BCUT2D eigenvalue weighted by molar-refractivity contribution is 14.1. The van der Waals surface area contributed by atoms with E-state index >= 15 is 0 Å². The van der Waals surface area contributed by atoms with Crippen LogP contribution in [-0.2, 0) is 9.53 Å². The minimum atomic E-state index is -0.230. The van der Waals surface area contributed by atoms with E-state index in [2.05, 4.69) is 0 Å². The van der Waals surface area contributed by atoms with Crippen LogP contribution in [0.2, 0.25) is 0 Å². The van der Waals surface area contributed by atoms with Crippen LogP contribution in [0.15, 0.2) is 7.16 Å². The van der Waals surface area contributed by atoms with Crippen molar-refractivity contribution in [1.82, 2.24) is 0 Å². The number of hydrogen-bond donors (Lipinski definition) is 1. The Bertz CT molecular complexity index is 190. The zero-order chi connectivity index (χ0) is 9.56. The van der Waals surface area contributed by atoms with Gasteiger partial charge in [0, 0.05) is 7.16 Å². The minimum absolute atomic E-state index is 0.000614. The zero-order valence-corrected chi connectivity index (χ0v) is 12.5. The standard InChI is InChI=1S/C6H7I3O3/c7-1-6(11)12-3-5(9)4(8)2-10/h10H,1-3H2/b5-4+. The number of halogens is 3. The predicted octanol–water partition coefficient (Wildman–Crippen LogP) is 2.04. The summed E-state index contributed by atoms with van der Waals surface area (Å²) in [5.74, 6) is -0.230. The third-order valence-corrected chi connectivity index (χ3v) is 4.51. The van der Waals surface area contributed by atoms with Crippen LogP contribution in [0.4, 0.5) is 0 Å². The number of ether oxygens (including phenoxy) is 1. The van der Waals surface area contributed by atoms with Gasteiger partial charge in [0.05, 0.1) is 11.0 Å². The molecule has 70 valence electrons. The largest absolute Gasteiger partial charge is 0.460 e. The molecule has 0 amide bonds. The molecule has 0 saturated carbocycles. The van der Waals surface area contributed by atoms with Gasteiger partial charge in [-0.3, -0.25) is 4.79 Å². The van der Waals surface area contributed by atoms with Gasteiger partial charge >= 0.3 is 5.97 Å². The molecule has 0 aromatic carbocycles. The van der Waals surface area contributed by atoms with E-state index in [1.807, 2.05) is 67.8 Å². The average Bonchev–Trinajstić information content (AvgIpc) is 2.11. The fourth-order valence-corrected chi connectivity index (χ4v) is 1.05. The van der Waals surface area contributed by atoms with E-state index in [0.717, 1.165) is 7.16 Å². The lowest BCUT2D eigenvalue weighted by molar-refractivity contribution is -0.138. The van der Waals surface area contributed by atoms with E-state index in [9.17, 15) is 4.79 Å². The van der Waals surface area contributed by atoms with Gasteiger partial charge in [0.25, 0.3) is 0 Å². The van der Waals surface area contributed by atoms with Crippen molar-refractivity contribution in [2.24, 2.45) is 0 Å². The molecule has 0 bridgehead atoms. The molecule has 0 fully saturated rings. The molecule has 0 radical (unpaired) electrons. The maximum absolute atomic E-state index is 10.7. The third-order valence-electron chi connectivity index (χ3n) is 0.902. The van der Waals surface area contributed by atoms with Crippen LogP contribution in [0, 0.1) is 0 Å². The molecule has 0 aromatic heterocycles. The Morgan fingerprint density at radius 2 is 1.92 bits per heavy atom. The van der Waals surface area contributed by atoms with Crippen molar-refractivity contribution in [3.63, 3.8) is 0 Å². The Labute approximate surface area is 112 Å². The van der Waals surface area contributed by atoms with Gasteiger partial charge in [0.15, 0.2) is 0 Å². The summed E-state index contributed by atoms with van der Waals surface area (Å²) in [6, 6.07) is 0. The molecule has 0 aromatic rings. The first kappa shape index (κ1) is 13.4. The first-order valence-corrected chi connectivity index (χ1v) is 6.65. The van der Waals surface area contributed by atoms with E-state index in [4.69, 9.17) is 9.84 Å². The molecule has 1 N–H and O–H groups in total. The van der Waals surface area contributed by atoms with Gasteiger partial charge in [-0.25, -0.2) is 0 Å². The number of rotatable bonds is 4. The summed E-state index contributed by atoms with van der Waals surface area (Å²) in [6.07, 6.45) is 0. The second-order valence-corrected chi connectivity index (χ2v) is 5.13. The molecule has 0 atom stereocenters. The summed E-state index contributed by atoms with van der Waals surface area (Å²) >= 11 is 6.01. The predicted molar refractivity (Wildman–Crippen MR) is 72.0 cm³/mol. The van der Waals surface area contributed by atoms with Gasteiger partial charge in [-0.2, -0.15) is 0 Å². The number of aliphatic hydroxyl groups excluding tert-OH is 1. The molecule has 0 spiro atoms. The van der Waals surface area contributed by atoms with Crippen molar-refractivity contribution in [1.29, 1.82) is 0 Å². The van der Waals surface area contributed by atoms with E-state index in [1.165, 1.54) is 0 Å². The Hall–Kier alpha value is 1.36. The SMILES string of the molecule is O=C(CI)OC/C(I)=C(\I)CO. The number of hydrogen-bond acceptors (Lipinski definition) is 3. The number of aliphatic hydroxyl groups is 1. The van der Waals surface area contributed by atoms with Gasteiger partial charge in [-0.1, -0.05) is 22.6 Å². The molecule has 0 saturated heterocycles. The highest BCUT2D eigenvalue weighted by atomic mass is 127. The normalized spacial score (nSPS) is 12.3. The van der Waals surface area contributed by atoms with Crippen molar-refractivity contribution in [3.05, 3.63) is 7.16 Å². The van der Waals surface area contributed by atoms with Crippen molar-refractivity contribution >= 4 is 73.7 Å². The molecule has 12 heavy (non-hydrogen) atoms. The molecular weight excluding hydrogens is 501 g/mol. The maximum atomic E-state index is 10.7. The zero-order valence-electron chi connectivity index (χ0n) is 6.02. The Morgan fingerprint density at radius 3 is 2.33 bits per heavy atom. The van der Waals surface area contributed by atoms with Gasteiger partial charge < -0.3 is 9.84 Å². The second kappa shape index (κ2) is 7.74. The molecule has 0 rings (SSSR count). The molecule has 0 aliphatic rings. The van der Waals surface area contributed by atoms with Gasteiger partial charge in [0.1, 0.15) is 6.61 Å². The van der Waals surface area contributed by atoms with Crippen molar-refractivity contribution in [3.8, 4) is 0 Å². The third kappa shape index (κ3) is 5.91. The molecule has 3 nitrogen and oxygen atoms in total. The molecule has 0 aliphatic carbocycles. The molecular formula is C6H7I3O3. The summed E-state index contributed by atoms with van der Waals surface area (Å²) in [5, 5.41) is 8.72. The van der Waals surface area contributed by atoms with Crippen molar-refractivity contribution < 1.29 is 14.6 Å². The number of carbonyl (C=O) groups is 1. The summed E-state index contributed by atoms with van der Waals surface area (Å²) in [7, 11) is 0. The number of carbonyl (C=O) groups excluding carboxylic acids is 1. The van der Waals surface area contributed by atoms with Crippen LogP contribution in [0.1, 0.15) is 0 Å². The Balaban J connectivity index is 3.85. The fraction of sp³-hybridized carbons (Fsp3) is 0.500. The fourth-order valence-electron chi connectivity index (χ4n) is 0.347. The first-order chi connectivity index (χ1) is 5.61. The van der Waals surface area contributed by atoms with E-state index in [1.54, 1.807) is 0 Å². The lowest BCUT2D eigenvalue weighted by atomic mass is 10.5. The topological polar surface area (TPSA) is 46.5 Å². The highest BCUT2D eigenvalue weighted by Crippen LogP contribution is 2.18. The molecule has 0 heterocycles. The van der Waals surface area contributed by atoms with Crippen LogP contribution in [0.5, 0.6) is 0 Å².